The van der Waals surface area contributed by atoms with E-state index in [1.807, 2.05) is 55.4 Å². The lowest BCUT2D eigenvalue weighted by Crippen LogP contribution is -2.45. The van der Waals surface area contributed by atoms with Crippen LogP contribution in [0.1, 0.15) is 41.8 Å². The number of hydrogen-bond donors (Lipinski definition) is 2. The van der Waals surface area contributed by atoms with Crippen molar-refractivity contribution in [1.82, 2.24) is 4.90 Å². The molecule has 1 atom stereocenters. The number of carboxylic acid groups (broad SMARTS) is 1. The lowest BCUT2D eigenvalue weighted by atomic mass is 10.1. The van der Waals surface area contributed by atoms with Crippen LogP contribution in [0, 0.1) is 6.92 Å². The molecule has 1 unspecified atom stereocenters. The van der Waals surface area contributed by atoms with E-state index in [4.69, 9.17) is 15.4 Å². The second-order valence-electron chi connectivity index (χ2n) is 14.8. The van der Waals surface area contributed by atoms with Gasteiger partial charge in [-0.1, -0.05) is 62.7 Å². The first-order valence-corrected chi connectivity index (χ1v) is 22.5. The normalized spacial score (nSPS) is 13.1. The Labute approximate surface area is 361 Å². The summed E-state index contributed by atoms with van der Waals surface area (Å²) in [5.74, 6) is -0.575. The fourth-order valence-electron chi connectivity index (χ4n) is 7.04. The number of methoxy groups -OCH3 is 1. The van der Waals surface area contributed by atoms with E-state index < -0.39 is 16.0 Å². The van der Waals surface area contributed by atoms with Gasteiger partial charge in [-0.25, -0.2) is 9.00 Å². The summed E-state index contributed by atoms with van der Waals surface area (Å²) in [6.07, 6.45) is 1.25. The van der Waals surface area contributed by atoms with E-state index in [1.54, 1.807) is 30.1 Å². The lowest BCUT2D eigenvalue weighted by Gasteiger charge is -2.36. The zero-order chi connectivity index (χ0) is 42.6. The van der Waals surface area contributed by atoms with Crippen molar-refractivity contribution in [2.75, 3.05) is 80.9 Å². The Morgan fingerprint density at radius 3 is 1.98 bits per heavy atom. The number of fused-ring (bicyclic) bond motifs is 2. The number of ether oxygens (including phenoxy) is 1. The largest absolute Gasteiger partial charge is 0.496 e. The van der Waals surface area contributed by atoms with Gasteiger partial charge in [0.2, 0.25) is 0 Å². The van der Waals surface area contributed by atoms with Gasteiger partial charge in [-0.2, -0.15) is 0 Å². The van der Waals surface area contributed by atoms with Crippen molar-refractivity contribution in [2.45, 2.75) is 43.5 Å². The Kier molecular flexibility index (Phi) is 16.3. The van der Waals surface area contributed by atoms with Crippen molar-refractivity contribution in [3.05, 3.63) is 126 Å². The SMILES string of the molecule is CCC.CN(C)c1cccc2c(S(=O)Cl)cccc12.COc1ccc(CN2CCN(c3ccc(NSc4cc(C)cc5c(N(C)C)cccc45)cc3)CC2)cc1C(=O)O. The fourth-order valence-corrected chi connectivity index (χ4v) is 8.88. The maximum atomic E-state index is 11.6. The molecule has 1 aliphatic rings. The number of carboxylic acids is 1. The molecule has 1 fully saturated rings. The van der Waals surface area contributed by atoms with E-state index in [-0.39, 0.29) is 5.56 Å². The average molecular weight is 855 g/mol. The summed E-state index contributed by atoms with van der Waals surface area (Å²) in [5, 5.41) is 14.0. The number of aryl methyl sites for hydroxylation is 1. The van der Waals surface area contributed by atoms with E-state index in [0.717, 1.165) is 60.4 Å². The molecule has 12 heteroatoms. The molecule has 1 heterocycles. The molecular formula is C47H56ClN5O4S2. The van der Waals surface area contributed by atoms with Gasteiger partial charge in [-0.3, -0.25) is 4.90 Å². The molecule has 312 valence electrons. The van der Waals surface area contributed by atoms with E-state index >= 15 is 0 Å². The van der Waals surface area contributed by atoms with Crippen LogP contribution in [0.15, 0.2) is 119 Å². The molecule has 59 heavy (non-hydrogen) atoms. The first-order chi connectivity index (χ1) is 28.3. The number of piperazine rings is 1. The summed E-state index contributed by atoms with van der Waals surface area (Å²) in [4.78, 5) is 22.4. The van der Waals surface area contributed by atoms with Crippen LogP contribution in [-0.4, -0.2) is 81.7 Å². The van der Waals surface area contributed by atoms with Crippen LogP contribution in [0.25, 0.3) is 21.5 Å². The zero-order valence-electron chi connectivity index (χ0n) is 35.3. The summed E-state index contributed by atoms with van der Waals surface area (Å²) in [6, 6.07) is 36.6. The number of nitrogens with one attached hydrogen (secondary N) is 1. The van der Waals surface area contributed by atoms with E-state index in [9.17, 15) is 14.1 Å². The standard InChI is InChI=1S/C32H36N4O3S.C12H12ClNOS.C3H8/c1-22-18-27-26(6-5-7-29(27)34(2)3)31(19-22)40-33-24-9-11-25(12-10-24)36-16-14-35(15-17-36)21-23-8-13-30(39-4)28(20-23)32(37)38;1-14(2)11-7-3-6-10-9(11)5-4-8-12(10)16(13)15;1-3-2/h5-13,18-20,33H,14-17,21H2,1-4H3,(H,37,38);3-8H,1-2H3;3H2,1-2H3. The predicted octanol–water partition coefficient (Wildman–Crippen LogP) is 10.9. The van der Waals surface area contributed by atoms with E-state index in [2.05, 4.69) is 109 Å². The maximum Gasteiger partial charge on any atom is 0.339 e. The summed E-state index contributed by atoms with van der Waals surface area (Å²) in [5.41, 5.74) is 7.04. The van der Waals surface area contributed by atoms with Crippen molar-refractivity contribution in [1.29, 1.82) is 0 Å². The van der Waals surface area contributed by atoms with Crippen molar-refractivity contribution >= 4 is 82.9 Å². The first-order valence-electron chi connectivity index (χ1n) is 19.7. The third-order valence-electron chi connectivity index (χ3n) is 9.86. The summed E-state index contributed by atoms with van der Waals surface area (Å²) in [6.45, 7) is 10.8. The quantitative estimate of drug-likeness (QED) is 0.0970. The number of anilines is 4. The highest BCUT2D eigenvalue weighted by atomic mass is 35.7. The van der Waals surface area contributed by atoms with E-state index in [1.165, 1.54) is 46.1 Å². The molecule has 1 aliphatic heterocycles. The topological polar surface area (TPSA) is 88.6 Å². The Morgan fingerprint density at radius 2 is 1.39 bits per heavy atom. The van der Waals surface area contributed by atoms with Crippen LogP contribution >= 0.6 is 22.6 Å². The number of aromatic carboxylic acids is 1. The second kappa shape index (κ2) is 21.4. The molecule has 0 aromatic heterocycles. The van der Waals surface area contributed by atoms with Crippen molar-refractivity contribution in [3.8, 4) is 5.75 Å². The van der Waals surface area contributed by atoms with Gasteiger partial charge in [0.15, 0.2) is 0 Å². The number of benzene rings is 6. The smallest absolute Gasteiger partial charge is 0.339 e. The van der Waals surface area contributed by atoms with Crippen LogP contribution < -0.4 is 24.2 Å². The maximum absolute atomic E-state index is 11.6. The highest BCUT2D eigenvalue weighted by Crippen LogP contribution is 2.35. The number of hydrogen-bond acceptors (Lipinski definition) is 9. The number of carbonyl (C=O) groups is 1. The van der Waals surface area contributed by atoms with Crippen LogP contribution in [0.3, 0.4) is 0 Å². The van der Waals surface area contributed by atoms with Crippen LogP contribution in [0.2, 0.25) is 0 Å². The minimum Gasteiger partial charge on any atom is -0.496 e. The summed E-state index contributed by atoms with van der Waals surface area (Å²) >= 11 is 1.65. The third kappa shape index (κ3) is 11.6. The Bertz CT molecular complexity index is 2370. The molecule has 7 rings (SSSR count). The third-order valence-corrected chi connectivity index (χ3v) is 12.0. The van der Waals surface area contributed by atoms with Gasteiger partial charge in [-0.15, -0.1) is 0 Å². The minimum absolute atomic E-state index is 0.208. The van der Waals surface area contributed by atoms with E-state index in [0.29, 0.717) is 10.6 Å². The molecule has 0 radical (unpaired) electrons. The molecule has 0 aliphatic carbocycles. The summed E-state index contributed by atoms with van der Waals surface area (Å²) in [7, 11) is 13.8. The second-order valence-corrected chi connectivity index (χ2v) is 17.4. The molecule has 0 spiro atoms. The first kappa shape index (κ1) is 45.1. The molecule has 2 N–H and O–H groups in total. The van der Waals surface area contributed by atoms with Gasteiger partial charge < -0.3 is 29.3 Å². The number of halogens is 1. The van der Waals surface area contributed by atoms with Gasteiger partial charge in [0, 0.05) is 105 Å². The molecular weight excluding hydrogens is 798 g/mol. The number of nitrogens with zero attached hydrogens (tertiary/aromatic N) is 4. The van der Waals surface area contributed by atoms with Gasteiger partial charge in [0.25, 0.3) is 0 Å². The minimum atomic E-state index is -1.47. The van der Waals surface area contributed by atoms with Crippen LogP contribution in [-0.2, 0) is 16.6 Å². The van der Waals surface area contributed by atoms with Gasteiger partial charge in [-0.05, 0) is 113 Å². The lowest BCUT2D eigenvalue weighted by molar-refractivity contribution is 0.0693. The molecule has 6 aromatic rings. The van der Waals surface area contributed by atoms with Gasteiger partial charge in [0.1, 0.15) is 21.3 Å². The fraction of sp³-hybridized carbons (Fsp3) is 0.298. The zero-order valence-corrected chi connectivity index (χ0v) is 37.7. The van der Waals surface area contributed by atoms with Crippen LogP contribution in [0.4, 0.5) is 22.7 Å². The Morgan fingerprint density at radius 1 is 0.797 bits per heavy atom. The van der Waals surface area contributed by atoms with Crippen LogP contribution in [0.5, 0.6) is 5.75 Å². The van der Waals surface area contributed by atoms with Gasteiger partial charge in [0.05, 0.1) is 12.0 Å². The molecule has 0 bridgehead atoms. The molecule has 0 amide bonds. The van der Waals surface area contributed by atoms with Crippen molar-refractivity contribution < 1.29 is 18.8 Å². The van der Waals surface area contributed by atoms with Crippen molar-refractivity contribution in [3.63, 3.8) is 0 Å². The molecule has 1 saturated heterocycles. The van der Waals surface area contributed by atoms with Crippen molar-refractivity contribution in [2.24, 2.45) is 0 Å². The molecule has 6 aromatic carbocycles. The van der Waals surface area contributed by atoms with Gasteiger partial charge >= 0.3 is 5.97 Å². The molecule has 0 saturated carbocycles. The average Bonchev–Trinajstić information content (AvgIpc) is 3.23. The predicted molar refractivity (Wildman–Crippen MR) is 253 cm³/mol. The Balaban J connectivity index is 0.000000288. The highest BCUT2D eigenvalue weighted by molar-refractivity contribution is 8.08. The molecule has 9 nitrogen and oxygen atoms in total. The monoisotopic (exact) mass is 853 g/mol. The Hall–Kier alpha value is -4.94. The number of rotatable bonds is 11. The highest BCUT2D eigenvalue weighted by Gasteiger charge is 2.19. The summed E-state index contributed by atoms with van der Waals surface area (Å²) < 4.78 is 20.1.